The first-order valence-corrected chi connectivity index (χ1v) is 10.9. The van der Waals surface area contributed by atoms with Crippen molar-refractivity contribution in [1.29, 1.82) is 0 Å². The minimum atomic E-state index is -0.430. The Morgan fingerprint density at radius 1 is 1.38 bits per heavy atom. The molecule has 1 amide bonds. The number of aromatic nitrogens is 2. The highest BCUT2D eigenvalue weighted by Gasteiger charge is 2.39. The van der Waals surface area contributed by atoms with Gasteiger partial charge >= 0.3 is 0 Å². The topological polar surface area (TPSA) is 99.2 Å². The molecule has 0 spiro atoms. The van der Waals surface area contributed by atoms with Gasteiger partial charge in [0.15, 0.2) is 0 Å². The van der Waals surface area contributed by atoms with Crippen molar-refractivity contribution in [3.05, 3.63) is 41.3 Å². The molecule has 7 nitrogen and oxygen atoms in total. The van der Waals surface area contributed by atoms with Crippen LogP contribution in [-0.4, -0.2) is 39.7 Å². The Morgan fingerprint density at radius 3 is 2.97 bits per heavy atom. The van der Waals surface area contributed by atoms with E-state index in [9.17, 15) is 14.3 Å². The van der Waals surface area contributed by atoms with Gasteiger partial charge in [-0.3, -0.25) is 4.79 Å². The molecule has 4 N–H and O–H groups in total. The second kappa shape index (κ2) is 8.75. The fraction of sp³-hybridized carbons (Fsp3) is 0.458. The van der Waals surface area contributed by atoms with Gasteiger partial charge in [-0.1, -0.05) is 19.8 Å². The van der Waals surface area contributed by atoms with Crippen LogP contribution in [0.5, 0.6) is 0 Å². The summed E-state index contributed by atoms with van der Waals surface area (Å²) in [5, 5.41) is 19.8. The van der Waals surface area contributed by atoms with Crippen molar-refractivity contribution < 1.29 is 14.3 Å². The van der Waals surface area contributed by atoms with Crippen LogP contribution in [0.2, 0.25) is 0 Å². The molecule has 168 valence electrons. The number of hydrogen-bond donors (Lipinski definition) is 4. The summed E-state index contributed by atoms with van der Waals surface area (Å²) in [4.78, 5) is 21.1. The predicted octanol–water partition coefficient (Wildman–Crippen LogP) is 3.49. The summed E-state index contributed by atoms with van der Waals surface area (Å²) in [6, 6.07) is 4.34. The van der Waals surface area contributed by atoms with E-state index in [1.807, 2.05) is 13.8 Å². The van der Waals surface area contributed by atoms with E-state index in [1.165, 1.54) is 12.1 Å². The van der Waals surface area contributed by atoms with Crippen LogP contribution in [0.1, 0.15) is 56.6 Å². The Balaban J connectivity index is 1.44. The third kappa shape index (κ3) is 4.26. The van der Waals surface area contributed by atoms with Crippen LogP contribution in [0.25, 0.3) is 0 Å². The van der Waals surface area contributed by atoms with Crippen molar-refractivity contribution in [2.45, 2.75) is 57.6 Å². The van der Waals surface area contributed by atoms with Crippen molar-refractivity contribution >= 4 is 23.4 Å². The van der Waals surface area contributed by atoms with Crippen molar-refractivity contribution in [3.8, 4) is 12.3 Å². The van der Waals surface area contributed by atoms with E-state index in [0.717, 1.165) is 19.3 Å². The van der Waals surface area contributed by atoms with E-state index in [-0.39, 0.29) is 23.2 Å². The van der Waals surface area contributed by atoms with Crippen LogP contribution in [-0.2, 0) is 4.79 Å². The van der Waals surface area contributed by atoms with Crippen LogP contribution < -0.4 is 16.0 Å². The highest BCUT2D eigenvalue weighted by atomic mass is 19.1. The fourth-order valence-corrected chi connectivity index (χ4v) is 4.51. The number of aliphatic hydroxyl groups excluding tert-OH is 1. The summed E-state index contributed by atoms with van der Waals surface area (Å²) in [6.07, 6.45) is 9.91. The van der Waals surface area contributed by atoms with Crippen molar-refractivity contribution in [3.63, 3.8) is 0 Å². The molecule has 0 bridgehead atoms. The van der Waals surface area contributed by atoms with E-state index in [2.05, 4.69) is 31.8 Å². The predicted molar refractivity (Wildman–Crippen MR) is 122 cm³/mol. The normalized spacial score (nSPS) is 23.7. The molecule has 3 atom stereocenters. The largest absolute Gasteiger partial charge is 0.392 e. The molecule has 1 aromatic carbocycles. The zero-order valence-corrected chi connectivity index (χ0v) is 18.3. The van der Waals surface area contributed by atoms with Gasteiger partial charge in [0.1, 0.15) is 11.6 Å². The molecule has 2 heterocycles. The second-order valence-electron chi connectivity index (χ2n) is 9.05. The molecule has 1 fully saturated rings. The zero-order chi connectivity index (χ0) is 22.9. The van der Waals surface area contributed by atoms with Gasteiger partial charge in [0, 0.05) is 23.7 Å². The van der Waals surface area contributed by atoms with Gasteiger partial charge in [0.25, 0.3) is 0 Å². The van der Waals surface area contributed by atoms with Crippen LogP contribution in [0.3, 0.4) is 0 Å². The lowest BCUT2D eigenvalue weighted by Gasteiger charge is -2.43. The maximum Gasteiger partial charge on any atom is 0.232 e. The average Bonchev–Trinajstić information content (AvgIpc) is 3.06. The molecule has 1 aromatic heterocycles. The van der Waals surface area contributed by atoms with E-state index in [1.54, 1.807) is 12.3 Å². The van der Waals surface area contributed by atoms with Crippen molar-refractivity contribution in [2.75, 3.05) is 22.5 Å². The zero-order valence-electron chi connectivity index (χ0n) is 18.3. The first kappa shape index (κ1) is 22.0. The Hall–Kier alpha value is -3.18. The number of hydrogen-bond acceptors (Lipinski definition) is 6. The van der Waals surface area contributed by atoms with Crippen LogP contribution in [0, 0.1) is 23.6 Å². The molecular formula is C24H28FN5O2. The summed E-state index contributed by atoms with van der Waals surface area (Å²) >= 11 is 0. The molecule has 32 heavy (non-hydrogen) atoms. The monoisotopic (exact) mass is 437 g/mol. The number of nitrogens with zero attached hydrogens (tertiary/aromatic N) is 2. The van der Waals surface area contributed by atoms with Crippen LogP contribution in [0.4, 0.5) is 21.8 Å². The number of amides is 1. The quantitative estimate of drug-likeness (QED) is 0.517. The van der Waals surface area contributed by atoms with E-state index < -0.39 is 12.0 Å². The summed E-state index contributed by atoms with van der Waals surface area (Å²) in [7, 11) is 0. The van der Waals surface area contributed by atoms with Gasteiger partial charge in [0.05, 0.1) is 23.8 Å². The lowest BCUT2D eigenvalue weighted by molar-refractivity contribution is -0.117. The van der Waals surface area contributed by atoms with Gasteiger partial charge < -0.3 is 21.1 Å². The molecule has 1 saturated carbocycles. The Kier molecular flexibility index (Phi) is 6.02. The first-order valence-electron chi connectivity index (χ1n) is 10.9. The maximum atomic E-state index is 13.6. The van der Waals surface area contributed by atoms with Gasteiger partial charge in [-0.05, 0) is 49.4 Å². The average molecular weight is 438 g/mol. The second-order valence-corrected chi connectivity index (χ2v) is 9.05. The van der Waals surface area contributed by atoms with Crippen LogP contribution >= 0.6 is 0 Å². The minimum Gasteiger partial charge on any atom is -0.392 e. The Morgan fingerprint density at radius 2 is 2.19 bits per heavy atom. The summed E-state index contributed by atoms with van der Waals surface area (Å²) < 4.78 is 13.6. The fourth-order valence-electron chi connectivity index (χ4n) is 4.51. The number of nitrogens with one attached hydrogen (secondary N) is 3. The van der Waals surface area contributed by atoms with Crippen molar-refractivity contribution in [1.82, 2.24) is 9.97 Å². The maximum absolute atomic E-state index is 13.6. The lowest BCUT2D eigenvalue weighted by atomic mass is 9.71. The summed E-state index contributed by atoms with van der Waals surface area (Å²) in [5.74, 6) is 2.60. The summed E-state index contributed by atoms with van der Waals surface area (Å²) in [5.41, 5.74) is 1.55. The summed E-state index contributed by atoms with van der Waals surface area (Å²) in [6.45, 7) is 4.51. The molecule has 0 saturated heterocycles. The van der Waals surface area contributed by atoms with Crippen LogP contribution in [0.15, 0.2) is 24.4 Å². The minimum absolute atomic E-state index is 0.0229. The van der Waals surface area contributed by atoms with Crippen molar-refractivity contribution in [2.24, 2.45) is 5.41 Å². The Bertz CT molecular complexity index is 1060. The molecule has 8 heteroatoms. The number of benzene rings is 1. The third-order valence-electron chi connectivity index (χ3n) is 6.66. The lowest BCUT2D eigenvalue weighted by Crippen LogP contribution is -2.48. The Labute approximate surface area is 187 Å². The molecule has 4 rings (SSSR count). The smallest absolute Gasteiger partial charge is 0.232 e. The standard InChI is InChI=1S/C24H28FN5O2/c1-4-14-13-27-23(30-21(14)29-19-6-5-7-20(31)24(19,2)3)26-11-10-16-17-12-15(25)8-9-18(17)28-22(16)32/h1,8-9,12-13,16,19-20,31H,5-7,10-11H2,2-3H3,(H,28,32)(H2,26,27,29,30)/t16?,19-,20+/m1/s1. The number of carbonyl (C=O) groups is 1. The molecule has 1 aliphatic carbocycles. The van der Waals surface area contributed by atoms with Gasteiger partial charge in [-0.25, -0.2) is 9.37 Å². The van der Waals surface area contributed by atoms with E-state index >= 15 is 0 Å². The molecule has 2 aromatic rings. The number of terminal acetylenes is 1. The molecule has 2 aliphatic rings. The highest BCUT2D eigenvalue weighted by molar-refractivity contribution is 6.02. The van der Waals surface area contributed by atoms with Gasteiger partial charge in [-0.15, -0.1) is 6.42 Å². The molecule has 1 aliphatic heterocycles. The molecule has 0 radical (unpaired) electrons. The molecule has 1 unspecified atom stereocenters. The van der Waals surface area contributed by atoms with Gasteiger partial charge in [-0.2, -0.15) is 4.98 Å². The number of halogens is 1. The highest BCUT2D eigenvalue weighted by Crippen LogP contribution is 2.38. The van der Waals surface area contributed by atoms with Gasteiger partial charge in [0.2, 0.25) is 11.9 Å². The number of anilines is 3. The molecular weight excluding hydrogens is 409 g/mol. The van der Waals surface area contributed by atoms with E-state index in [4.69, 9.17) is 6.42 Å². The first-order chi connectivity index (χ1) is 15.3. The number of carbonyl (C=O) groups excluding carboxylic acids is 1. The SMILES string of the molecule is C#Cc1cnc(NCCC2C(=O)Nc3ccc(F)cc32)nc1N[C@@H]1CCC[C@H](O)C1(C)C. The number of fused-ring (bicyclic) bond motifs is 1. The van der Waals surface area contributed by atoms with E-state index in [0.29, 0.717) is 41.5 Å². The number of aliphatic hydroxyl groups is 1. The third-order valence-corrected chi connectivity index (χ3v) is 6.66. The number of rotatable bonds is 6.